The van der Waals surface area contributed by atoms with Crippen molar-refractivity contribution in [2.45, 2.75) is 6.92 Å². The SMILES string of the molecule is Cc1ccc(N/N=C\c2ccc([N+](=O)[O-])o2)cc1. The number of anilines is 1. The minimum atomic E-state index is -0.593. The van der Waals surface area contributed by atoms with E-state index in [1.807, 2.05) is 31.2 Å². The fourth-order valence-corrected chi connectivity index (χ4v) is 1.31. The molecule has 6 heteroatoms. The smallest absolute Gasteiger partial charge is 0.400 e. The van der Waals surface area contributed by atoms with Crippen LogP contribution in [0, 0.1) is 17.0 Å². The first-order chi connectivity index (χ1) is 8.65. The van der Waals surface area contributed by atoms with Crippen molar-refractivity contribution in [2.24, 2.45) is 5.10 Å². The molecule has 0 saturated heterocycles. The molecule has 0 fully saturated rings. The summed E-state index contributed by atoms with van der Waals surface area (Å²) in [5.41, 5.74) is 4.79. The highest BCUT2D eigenvalue weighted by Crippen LogP contribution is 2.14. The number of nitrogens with zero attached hydrogens (tertiary/aromatic N) is 2. The van der Waals surface area contributed by atoms with Crippen LogP contribution in [0.1, 0.15) is 11.3 Å². The molecule has 0 saturated carbocycles. The first-order valence-electron chi connectivity index (χ1n) is 5.25. The van der Waals surface area contributed by atoms with E-state index in [4.69, 9.17) is 4.42 Å². The number of nitro groups is 1. The summed E-state index contributed by atoms with van der Waals surface area (Å²) in [6.07, 6.45) is 1.38. The average molecular weight is 245 g/mol. The van der Waals surface area contributed by atoms with E-state index in [2.05, 4.69) is 10.5 Å². The maximum absolute atomic E-state index is 10.4. The predicted molar refractivity (Wildman–Crippen MR) is 67.8 cm³/mol. The van der Waals surface area contributed by atoms with E-state index in [0.717, 1.165) is 11.3 Å². The number of aryl methyl sites for hydroxylation is 1. The van der Waals surface area contributed by atoms with Crippen LogP contribution in [-0.2, 0) is 0 Å². The molecule has 0 aliphatic carbocycles. The second-order valence-electron chi connectivity index (χ2n) is 3.67. The van der Waals surface area contributed by atoms with Gasteiger partial charge in [0.2, 0.25) is 0 Å². The van der Waals surface area contributed by atoms with Gasteiger partial charge in [-0.2, -0.15) is 5.10 Å². The summed E-state index contributed by atoms with van der Waals surface area (Å²) < 4.78 is 4.91. The van der Waals surface area contributed by atoms with Gasteiger partial charge in [-0.1, -0.05) is 17.7 Å². The average Bonchev–Trinajstić information content (AvgIpc) is 2.81. The van der Waals surface area contributed by atoms with E-state index < -0.39 is 4.92 Å². The lowest BCUT2D eigenvalue weighted by atomic mass is 10.2. The van der Waals surface area contributed by atoms with Gasteiger partial charge in [0.15, 0.2) is 5.76 Å². The van der Waals surface area contributed by atoms with Crippen LogP contribution in [0.3, 0.4) is 0 Å². The van der Waals surface area contributed by atoms with E-state index in [0.29, 0.717) is 5.76 Å². The summed E-state index contributed by atoms with van der Waals surface area (Å²) in [4.78, 5) is 9.80. The predicted octanol–water partition coefficient (Wildman–Crippen LogP) is 2.94. The highest BCUT2D eigenvalue weighted by Gasteiger charge is 2.09. The van der Waals surface area contributed by atoms with Crippen molar-refractivity contribution in [3.05, 3.63) is 57.8 Å². The molecule has 92 valence electrons. The van der Waals surface area contributed by atoms with Crippen molar-refractivity contribution in [3.8, 4) is 0 Å². The molecule has 2 aromatic rings. The Hall–Kier alpha value is -2.63. The van der Waals surface area contributed by atoms with Gasteiger partial charge in [0.05, 0.1) is 18.0 Å². The molecule has 0 amide bonds. The molecule has 18 heavy (non-hydrogen) atoms. The van der Waals surface area contributed by atoms with Crippen LogP contribution in [-0.4, -0.2) is 11.1 Å². The van der Waals surface area contributed by atoms with Crippen molar-refractivity contribution in [1.82, 2.24) is 0 Å². The van der Waals surface area contributed by atoms with Crippen LogP contribution in [0.5, 0.6) is 0 Å². The summed E-state index contributed by atoms with van der Waals surface area (Å²) in [5.74, 6) is 0.0214. The first kappa shape index (κ1) is 11.8. The Bertz CT molecular complexity index is 573. The van der Waals surface area contributed by atoms with Crippen LogP contribution in [0.2, 0.25) is 0 Å². The number of furan rings is 1. The highest BCUT2D eigenvalue weighted by atomic mass is 16.6. The molecule has 0 unspecified atom stereocenters. The normalized spacial score (nSPS) is 10.7. The number of benzene rings is 1. The summed E-state index contributed by atoms with van der Waals surface area (Å²) in [6.45, 7) is 2.00. The van der Waals surface area contributed by atoms with E-state index in [-0.39, 0.29) is 5.88 Å². The van der Waals surface area contributed by atoms with Crippen LogP contribution >= 0.6 is 0 Å². The maximum atomic E-state index is 10.4. The minimum absolute atomic E-state index is 0.299. The maximum Gasteiger partial charge on any atom is 0.433 e. The monoisotopic (exact) mass is 245 g/mol. The molecule has 0 bridgehead atoms. The Morgan fingerprint density at radius 2 is 2.00 bits per heavy atom. The number of hydrogen-bond acceptors (Lipinski definition) is 5. The Morgan fingerprint density at radius 3 is 2.61 bits per heavy atom. The molecule has 1 aromatic heterocycles. The Labute approximate surface area is 103 Å². The van der Waals surface area contributed by atoms with Crippen LogP contribution in [0.15, 0.2) is 45.9 Å². The molecule has 0 aliphatic rings. The lowest BCUT2D eigenvalue weighted by Crippen LogP contribution is -1.89. The largest absolute Gasteiger partial charge is 0.433 e. The molecular formula is C12H11N3O3. The van der Waals surface area contributed by atoms with E-state index in [1.165, 1.54) is 18.3 Å². The molecule has 1 aromatic carbocycles. The fraction of sp³-hybridized carbons (Fsp3) is 0.0833. The van der Waals surface area contributed by atoms with Gasteiger partial charge < -0.3 is 4.42 Å². The zero-order valence-corrected chi connectivity index (χ0v) is 9.66. The second kappa shape index (κ2) is 5.13. The van der Waals surface area contributed by atoms with Gasteiger partial charge >= 0.3 is 5.88 Å². The second-order valence-corrected chi connectivity index (χ2v) is 3.67. The van der Waals surface area contributed by atoms with Crippen molar-refractivity contribution < 1.29 is 9.34 Å². The number of rotatable bonds is 4. The van der Waals surface area contributed by atoms with Crippen molar-refractivity contribution in [3.63, 3.8) is 0 Å². The molecule has 0 spiro atoms. The Morgan fingerprint density at radius 1 is 1.28 bits per heavy atom. The molecule has 1 N–H and O–H groups in total. The molecule has 6 nitrogen and oxygen atoms in total. The van der Waals surface area contributed by atoms with Crippen molar-refractivity contribution in [2.75, 3.05) is 5.43 Å². The molecule has 0 aliphatic heterocycles. The van der Waals surface area contributed by atoms with Gasteiger partial charge in [0.1, 0.15) is 4.92 Å². The van der Waals surface area contributed by atoms with Gasteiger partial charge in [-0.15, -0.1) is 0 Å². The molecule has 2 rings (SSSR count). The van der Waals surface area contributed by atoms with E-state index >= 15 is 0 Å². The van der Waals surface area contributed by atoms with Crippen LogP contribution in [0.4, 0.5) is 11.6 Å². The molecule has 1 heterocycles. The fourth-order valence-electron chi connectivity index (χ4n) is 1.31. The van der Waals surface area contributed by atoms with E-state index in [9.17, 15) is 10.1 Å². The van der Waals surface area contributed by atoms with Gasteiger partial charge in [-0.25, -0.2) is 0 Å². The van der Waals surface area contributed by atoms with Gasteiger partial charge in [0, 0.05) is 0 Å². The molecular weight excluding hydrogens is 234 g/mol. The van der Waals surface area contributed by atoms with Crippen molar-refractivity contribution >= 4 is 17.8 Å². The third kappa shape index (κ3) is 2.94. The van der Waals surface area contributed by atoms with Gasteiger partial charge in [0.25, 0.3) is 0 Å². The number of hydrogen-bond donors (Lipinski definition) is 1. The van der Waals surface area contributed by atoms with Gasteiger partial charge in [-0.05, 0) is 25.1 Å². The lowest BCUT2D eigenvalue weighted by Gasteiger charge is -1.99. The summed E-state index contributed by atoms with van der Waals surface area (Å²) in [5, 5.41) is 14.3. The van der Waals surface area contributed by atoms with Crippen LogP contribution < -0.4 is 5.43 Å². The zero-order valence-electron chi connectivity index (χ0n) is 9.66. The van der Waals surface area contributed by atoms with Gasteiger partial charge in [-0.3, -0.25) is 15.5 Å². The summed E-state index contributed by atoms with van der Waals surface area (Å²) in [6, 6.07) is 10.4. The highest BCUT2D eigenvalue weighted by molar-refractivity contribution is 5.77. The number of nitrogens with one attached hydrogen (secondary N) is 1. The molecule has 0 atom stereocenters. The topological polar surface area (TPSA) is 80.7 Å². The minimum Gasteiger partial charge on any atom is -0.400 e. The third-order valence-corrected chi connectivity index (χ3v) is 2.23. The first-order valence-corrected chi connectivity index (χ1v) is 5.25. The third-order valence-electron chi connectivity index (χ3n) is 2.23. The van der Waals surface area contributed by atoms with Crippen LogP contribution in [0.25, 0.3) is 0 Å². The Balaban J connectivity index is 1.98. The van der Waals surface area contributed by atoms with Crippen molar-refractivity contribution in [1.29, 1.82) is 0 Å². The molecule has 0 radical (unpaired) electrons. The zero-order chi connectivity index (χ0) is 13.0. The summed E-state index contributed by atoms with van der Waals surface area (Å²) in [7, 11) is 0. The summed E-state index contributed by atoms with van der Waals surface area (Å²) >= 11 is 0. The Kier molecular flexibility index (Phi) is 3.38. The van der Waals surface area contributed by atoms with E-state index in [1.54, 1.807) is 0 Å². The standard InChI is InChI=1S/C12H11N3O3/c1-9-2-4-10(5-3-9)14-13-8-11-6-7-12(18-11)15(16)17/h2-8,14H,1H3/b13-8-. The number of hydrazone groups is 1. The quantitative estimate of drug-likeness (QED) is 0.510. The lowest BCUT2D eigenvalue weighted by molar-refractivity contribution is -0.402.